The van der Waals surface area contributed by atoms with Gasteiger partial charge in [0, 0.05) is 6.42 Å². The summed E-state index contributed by atoms with van der Waals surface area (Å²) in [4.78, 5) is 23.5. The van der Waals surface area contributed by atoms with Crippen molar-refractivity contribution in [2.45, 2.75) is 51.7 Å². The number of hydrogen-bond donors (Lipinski definition) is 1. The monoisotopic (exact) mass is 282 g/mol. The molecule has 0 aliphatic carbocycles. The lowest BCUT2D eigenvalue weighted by atomic mass is 10.0. The molecule has 0 aliphatic heterocycles. The third kappa shape index (κ3) is 6.78. The lowest BCUT2D eigenvalue weighted by Crippen LogP contribution is -2.52. The van der Waals surface area contributed by atoms with Crippen LogP contribution in [0.25, 0.3) is 0 Å². The molecule has 1 atom stereocenters. The number of amides is 1. The number of nitriles is 1. The Morgan fingerprint density at radius 1 is 1.30 bits per heavy atom. The third-order valence-corrected chi connectivity index (χ3v) is 2.24. The normalized spacial score (nSPS) is 14.2. The Labute approximate surface area is 119 Å². The molecule has 0 aromatic heterocycles. The first-order chi connectivity index (χ1) is 9.14. The molecule has 0 heterocycles. The highest BCUT2D eigenvalue weighted by atomic mass is 16.6. The Kier molecular flexibility index (Phi) is 6.77. The van der Waals surface area contributed by atoms with Gasteiger partial charge in [-0.15, -0.1) is 0 Å². The zero-order valence-electron chi connectivity index (χ0n) is 12.6. The predicted molar refractivity (Wildman–Crippen MR) is 73.8 cm³/mol. The fraction of sp³-hybridized carbons (Fsp3) is 0.643. The standard InChI is InChI=1S/C14H22N2O4/c1-13(2,3)20-12(18)16-14(4,11(17)19-5)9-7-6-8-10-15/h7,9H,6,8H2,1-5H3,(H,16,18)/b9-7-. The van der Waals surface area contributed by atoms with Gasteiger partial charge in [0.25, 0.3) is 0 Å². The lowest BCUT2D eigenvalue weighted by Gasteiger charge is -2.27. The van der Waals surface area contributed by atoms with E-state index in [-0.39, 0.29) is 0 Å². The number of carbonyl (C=O) groups excluding carboxylic acids is 2. The van der Waals surface area contributed by atoms with Crippen LogP contribution in [0.2, 0.25) is 0 Å². The molecule has 0 aromatic carbocycles. The number of esters is 1. The van der Waals surface area contributed by atoms with Gasteiger partial charge in [-0.05, 0) is 34.1 Å². The molecule has 1 N–H and O–H groups in total. The Balaban J connectivity index is 4.88. The van der Waals surface area contributed by atoms with Gasteiger partial charge in [0.1, 0.15) is 5.60 Å². The summed E-state index contributed by atoms with van der Waals surface area (Å²) in [6.07, 6.45) is 3.26. The molecule has 0 radical (unpaired) electrons. The molecule has 20 heavy (non-hydrogen) atoms. The van der Waals surface area contributed by atoms with Gasteiger partial charge in [-0.25, -0.2) is 9.59 Å². The van der Waals surface area contributed by atoms with Crippen LogP contribution >= 0.6 is 0 Å². The summed E-state index contributed by atoms with van der Waals surface area (Å²) < 4.78 is 9.79. The molecule has 6 nitrogen and oxygen atoms in total. The van der Waals surface area contributed by atoms with Gasteiger partial charge in [-0.2, -0.15) is 5.26 Å². The smallest absolute Gasteiger partial charge is 0.408 e. The molecular weight excluding hydrogens is 260 g/mol. The van der Waals surface area contributed by atoms with Crippen LogP contribution in [0.4, 0.5) is 4.79 Å². The summed E-state index contributed by atoms with van der Waals surface area (Å²) in [5, 5.41) is 10.9. The van der Waals surface area contributed by atoms with Crippen molar-refractivity contribution in [2.75, 3.05) is 7.11 Å². The Morgan fingerprint density at radius 2 is 1.90 bits per heavy atom. The summed E-state index contributed by atoms with van der Waals surface area (Å²) in [5.74, 6) is -0.614. The molecular formula is C14H22N2O4. The van der Waals surface area contributed by atoms with Crippen molar-refractivity contribution >= 4 is 12.1 Å². The summed E-state index contributed by atoms with van der Waals surface area (Å²) in [5.41, 5.74) is -1.99. The largest absolute Gasteiger partial charge is 0.467 e. The molecule has 0 fully saturated rings. The number of nitrogens with one attached hydrogen (secondary N) is 1. The molecule has 1 unspecified atom stereocenters. The highest BCUT2D eigenvalue weighted by Crippen LogP contribution is 2.13. The Hall–Kier alpha value is -2.03. The lowest BCUT2D eigenvalue weighted by molar-refractivity contribution is -0.145. The van der Waals surface area contributed by atoms with Crippen LogP contribution in [0.1, 0.15) is 40.5 Å². The second kappa shape index (κ2) is 7.53. The molecule has 1 amide bonds. The Morgan fingerprint density at radius 3 is 2.35 bits per heavy atom. The number of unbranched alkanes of at least 4 members (excludes halogenated alkanes) is 1. The van der Waals surface area contributed by atoms with Crippen LogP contribution < -0.4 is 5.32 Å². The van der Waals surface area contributed by atoms with Gasteiger partial charge in [-0.1, -0.05) is 12.2 Å². The first kappa shape index (κ1) is 18.0. The SMILES string of the molecule is COC(=O)C(C)(/C=C\CCC#N)NC(=O)OC(C)(C)C. The van der Waals surface area contributed by atoms with Crippen molar-refractivity contribution < 1.29 is 19.1 Å². The van der Waals surface area contributed by atoms with Crippen LogP contribution in [-0.4, -0.2) is 30.3 Å². The van der Waals surface area contributed by atoms with E-state index < -0.39 is 23.2 Å². The molecule has 0 aliphatic rings. The van der Waals surface area contributed by atoms with Crippen molar-refractivity contribution in [1.82, 2.24) is 5.32 Å². The zero-order valence-corrected chi connectivity index (χ0v) is 12.6. The van der Waals surface area contributed by atoms with Gasteiger partial charge in [-0.3, -0.25) is 0 Å². The maximum absolute atomic E-state index is 11.8. The molecule has 0 rings (SSSR count). The highest BCUT2D eigenvalue weighted by molar-refractivity contribution is 5.87. The second-order valence-electron chi connectivity index (χ2n) is 5.42. The van der Waals surface area contributed by atoms with Crippen LogP contribution in [0.5, 0.6) is 0 Å². The van der Waals surface area contributed by atoms with E-state index in [1.54, 1.807) is 26.8 Å². The summed E-state index contributed by atoms with van der Waals surface area (Å²) in [6.45, 7) is 6.69. The van der Waals surface area contributed by atoms with E-state index in [0.29, 0.717) is 12.8 Å². The van der Waals surface area contributed by atoms with Gasteiger partial charge in [0.05, 0.1) is 13.2 Å². The van der Waals surface area contributed by atoms with Crippen molar-refractivity contribution in [2.24, 2.45) is 0 Å². The number of allylic oxidation sites excluding steroid dienone is 1. The zero-order chi connectivity index (χ0) is 15.8. The van der Waals surface area contributed by atoms with Crippen LogP contribution in [0, 0.1) is 11.3 Å². The molecule has 6 heteroatoms. The van der Waals surface area contributed by atoms with E-state index in [1.165, 1.54) is 20.1 Å². The van der Waals surface area contributed by atoms with E-state index in [1.807, 2.05) is 6.07 Å². The summed E-state index contributed by atoms with van der Waals surface area (Å²) >= 11 is 0. The van der Waals surface area contributed by atoms with Gasteiger partial charge in [0.15, 0.2) is 5.54 Å². The number of hydrogen-bond acceptors (Lipinski definition) is 5. The minimum Gasteiger partial charge on any atom is -0.467 e. The number of nitrogens with zero attached hydrogens (tertiary/aromatic N) is 1. The van der Waals surface area contributed by atoms with Crippen LogP contribution in [0.15, 0.2) is 12.2 Å². The molecule has 0 saturated carbocycles. The minimum absolute atomic E-state index is 0.334. The van der Waals surface area contributed by atoms with Crippen molar-refractivity contribution in [3.63, 3.8) is 0 Å². The maximum Gasteiger partial charge on any atom is 0.408 e. The molecule has 0 spiro atoms. The van der Waals surface area contributed by atoms with E-state index in [2.05, 4.69) is 10.1 Å². The minimum atomic E-state index is -1.33. The first-order valence-corrected chi connectivity index (χ1v) is 6.29. The first-order valence-electron chi connectivity index (χ1n) is 6.29. The fourth-order valence-corrected chi connectivity index (χ4v) is 1.36. The van der Waals surface area contributed by atoms with Crippen molar-refractivity contribution in [3.05, 3.63) is 12.2 Å². The van der Waals surface area contributed by atoms with E-state index >= 15 is 0 Å². The van der Waals surface area contributed by atoms with Crippen molar-refractivity contribution in [3.8, 4) is 6.07 Å². The number of rotatable bonds is 5. The maximum atomic E-state index is 11.8. The topological polar surface area (TPSA) is 88.4 Å². The molecule has 0 bridgehead atoms. The molecule has 112 valence electrons. The number of alkyl carbamates (subject to hydrolysis) is 1. The quantitative estimate of drug-likeness (QED) is 0.475. The van der Waals surface area contributed by atoms with Crippen LogP contribution in [0.3, 0.4) is 0 Å². The molecule has 0 aromatic rings. The number of methoxy groups -OCH3 is 1. The van der Waals surface area contributed by atoms with Crippen LogP contribution in [-0.2, 0) is 14.3 Å². The van der Waals surface area contributed by atoms with E-state index in [0.717, 1.165) is 0 Å². The fourth-order valence-electron chi connectivity index (χ4n) is 1.36. The summed E-state index contributed by atoms with van der Waals surface area (Å²) in [7, 11) is 1.24. The highest BCUT2D eigenvalue weighted by Gasteiger charge is 2.34. The third-order valence-electron chi connectivity index (χ3n) is 2.24. The van der Waals surface area contributed by atoms with Gasteiger partial charge in [0.2, 0.25) is 0 Å². The van der Waals surface area contributed by atoms with Gasteiger partial charge < -0.3 is 14.8 Å². The number of ether oxygens (including phenoxy) is 2. The van der Waals surface area contributed by atoms with E-state index in [9.17, 15) is 9.59 Å². The van der Waals surface area contributed by atoms with Crippen molar-refractivity contribution in [1.29, 1.82) is 5.26 Å². The predicted octanol–water partition coefficient (Wildman–Crippen LogP) is 2.30. The average molecular weight is 282 g/mol. The second-order valence-corrected chi connectivity index (χ2v) is 5.42. The number of carbonyl (C=O) groups is 2. The van der Waals surface area contributed by atoms with Gasteiger partial charge >= 0.3 is 12.1 Å². The summed E-state index contributed by atoms with van der Waals surface area (Å²) in [6, 6.07) is 1.99. The Bertz CT molecular complexity index is 418. The molecule has 0 saturated heterocycles. The van der Waals surface area contributed by atoms with E-state index in [4.69, 9.17) is 10.00 Å². The average Bonchev–Trinajstić information content (AvgIpc) is 2.31.